The Balaban J connectivity index is 1.68. The first-order chi connectivity index (χ1) is 13.7. The number of benzene rings is 2. The fraction of sp³-hybridized carbons (Fsp3) is 0.136. The van der Waals surface area contributed by atoms with E-state index >= 15 is 0 Å². The highest BCUT2D eigenvalue weighted by Gasteiger charge is 2.18. The Bertz CT molecular complexity index is 1060. The van der Waals surface area contributed by atoms with E-state index in [9.17, 15) is 4.39 Å². The number of rotatable bonds is 6. The van der Waals surface area contributed by atoms with Crippen molar-refractivity contribution in [3.63, 3.8) is 0 Å². The zero-order chi connectivity index (χ0) is 19.3. The minimum atomic E-state index is -0.309. The van der Waals surface area contributed by atoms with Crippen LogP contribution in [0, 0.1) is 12.7 Å². The highest BCUT2D eigenvalue weighted by molar-refractivity contribution is 7.99. The molecule has 28 heavy (non-hydrogen) atoms. The van der Waals surface area contributed by atoms with Gasteiger partial charge in [0.15, 0.2) is 11.0 Å². The number of nitrogens with zero attached hydrogens (tertiary/aromatic N) is 4. The molecule has 6 heteroatoms. The summed E-state index contributed by atoms with van der Waals surface area (Å²) < 4.78 is 16.3. The number of hydrogen-bond donors (Lipinski definition) is 0. The quantitative estimate of drug-likeness (QED) is 0.429. The minimum Gasteiger partial charge on any atom is -0.270 e. The Kier molecular flexibility index (Phi) is 5.48. The highest BCUT2D eigenvalue weighted by Crippen LogP contribution is 2.29. The van der Waals surface area contributed by atoms with Gasteiger partial charge in [-0.05, 0) is 55.3 Å². The third-order valence-electron chi connectivity index (χ3n) is 4.41. The van der Waals surface area contributed by atoms with Crippen LogP contribution in [0.15, 0.2) is 78.2 Å². The fourth-order valence-electron chi connectivity index (χ4n) is 2.92. The van der Waals surface area contributed by atoms with E-state index in [1.807, 2.05) is 54.0 Å². The predicted molar refractivity (Wildman–Crippen MR) is 110 cm³/mol. The van der Waals surface area contributed by atoms with Crippen LogP contribution >= 0.6 is 11.8 Å². The topological polar surface area (TPSA) is 43.6 Å². The smallest absolute Gasteiger partial charge is 0.196 e. The average Bonchev–Trinajstić information content (AvgIpc) is 3.13. The van der Waals surface area contributed by atoms with Crippen molar-refractivity contribution in [3.8, 4) is 17.1 Å². The second-order valence-corrected chi connectivity index (χ2v) is 7.47. The van der Waals surface area contributed by atoms with Gasteiger partial charge in [0, 0.05) is 23.8 Å². The highest BCUT2D eigenvalue weighted by atomic mass is 32.2. The summed E-state index contributed by atoms with van der Waals surface area (Å²) in [7, 11) is 0. The van der Waals surface area contributed by atoms with Crippen molar-refractivity contribution in [1.29, 1.82) is 0 Å². The van der Waals surface area contributed by atoms with Gasteiger partial charge in [-0.2, -0.15) is 0 Å². The van der Waals surface area contributed by atoms with Gasteiger partial charge in [0.05, 0.1) is 5.56 Å². The van der Waals surface area contributed by atoms with Crippen LogP contribution in [-0.2, 0) is 6.42 Å². The molecule has 0 aliphatic carbocycles. The normalized spacial score (nSPS) is 10.9. The van der Waals surface area contributed by atoms with Crippen LogP contribution in [0.3, 0.4) is 0 Å². The van der Waals surface area contributed by atoms with Gasteiger partial charge in [0.2, 0.25) is 0 Å². The molecule has 4 nitrogen and oxygen atoms in total. The molecule has 4 rings (SSSR count). The second kappa shape index (κ2) is 8.35. The third-order valence-corrected chi connectivity index (χ3v) is 5.34. The maximum atomic E-state index is 14.4. The number of halogens is 1. The maximum Gasteiger partial charge on any atom is 0.196 e. The van der Waals surface area contributed by atoms with E-state index in [0.29, 0.717) is 11.4 Å². The van der Waals surface area contributed by atoms with Crippen LogP contribution < -0.4 is 0 Å². The van der Waals surface area contributed by atoms with Crippen LogP contribution in [0.2, 0.25) is 0 Å². The summed E-state index contributed by atoms with van der Waals surface area (Å²) in [6, 6.07) is 18.8. The molecular formula is C22H19FN4S. The van der Waals surface area contributed by atoms with E-state index in [4.69, 9.17) is 0 Å². The summed E-state index contributed by atoms with van der Waals surface area (Å²) >= 11 is 1.61. The molecule has 0 unspecified atom stereocenters. The number of aromatic nitrogens is 4. The van der Waals surface area contributed by atoms with Crippen molar-refractivity contribution in [2.75, 3.05) is 5.75 Å². The molecule has 0 aliphatic rings. The zero-order valence-corrected chi connectivity index (χ0v) is 16.2. The van der Waals surface area contributed by atoms with Gasteiger partial charge in [-0.15, -0.1) is 10.2 Å². The van der Waals surface area contributed by atoms with E-state index < -0.39 is 0 Å². The van der Waals surface area contributed by atoms with E-state index in [0.717, 1.165) is 28.6 Å². The number of pyridine rings is 1. The maximum absolute atomic E-state index is 14.4. The molecule has 0 fully saturated rings. The van der Waals surface area contributed by atoms with Crippen LogP contribution in [-0.4, -0.2) is 25.5 Å². The summed E-state index contributed by atoms with van der Waals surface area (Å²) in [6.45, 7) is 2.04. The average molecular weight is 390 g/mol. The lowest BCUT2D eigenvalue weighted by atomic mass is 10.2. The molecule has 2 heterocycles. The van der Waals surface area contributed by atoms with Crippen molar-refractivity contribution in [1.82, 2.24) is 19.7 Å². The van der Waals surface area contributed by atoms with E-state index in [2.05, 4.69) is 15.2 Å². The van der Waals surface area contributed by atoms with Crippen LogP contribution in [0.5, 0.6) is 0 Å². The van der Waals surface area contributed by atoms with Crippen molar-refractivity contribution < 1.29 is 4.39 Å². The van der Waals surface area contributed by atoms with Crippen molar-refractivity contribution in [3.05, 3.63) is 90.0 Å². The molecule has 0 atom stereocenters. The molecule has 0 aliphatic heterocycles. The second-order valence-electron chi connectivity index (χ2n) is 6.41. The van der Waals surface area contributed by atoms with Crippen LogP contribution in [0.4, 0.5) is 4.39 Å². The van der Waals surface area contributed by atoms with Crippen molar-refractivity contribution in [2.24, 2.45) is 0 Å². The minimum absolute atomic E-state index is 0.309. The first-order valence-electron chi connectivity index (χ1n) is 9.01. The standard InChI is InChI=1S/C22H19FN4S/c1-16-6-8-18(9-7-16)27-21(19-4-2-3-5-20(19)23)25-26-22(27)28-15-12-17-10-13-24-14-11-17/h2-11,13-14H,12,15H2,1H3. The lowest BCUT2D eigenvalue weighted by Crippen LogP contribution is -2.01. The molecule has 2 aromatic carbocycles. The van der Waals surface area contributed by atoms with Gasteiger partial charge in [-0.1, -0.05) is 41.6 Å². The Morgan fingerprint density at radius 3 is 2.43 bits per heavy atom. The molecule has 140 valence electrons. The largest absolute Gasteiger partial charge is 0.270 e. The number of thioether (sulfide) groups is 1. The van der Waals surface area contributed by atoms with Gasteiger partial charge in [-0.3, -0.25) is 9.55 Å². The monoisotopic (exact) mass is 390 g/mol. The van der Waals surface area contributed by atoms with Crippen LogP contribution in [0.1, 0.15) is 11.1 Å². The van der Waals surface area contributed by atoms with E-state index in [-0.39, 0.29) is 5.82 Å². The Labute approximate surface area is 167 Å². The number of hydrogen-bond acceptors (Lipinski definition) is 4. The molecule has 0 spiro atoms. The first-order valence-corrected chi connectivity index (χ1v) is 10.00. The first kappa shape index (κ1) is 18.4. The molecule has 4 aromatic rings. The van der Waals surface area contributed by atoms with Crippen molar-refractivity contribution >= 4 is 11.8 Å². The lowest BCUT2D eigenvalue weighted by molar-refractivity contribution is 0.629. The van der Waals surface area contributed by atoms with E-state index in [1.165, 1.54) is 11.6 Å². The molecular weight excluding hydrogens is 371 g/mol. The Hall–Kier alpha value is -2.99. The summed E-state index contributed by atoms with van der Waals surface area (Å²) in [6.07, 6.45) is 4.49. The van der Waals surface area contributed by atoms with Gasteiger partial charge in [0.1, 0.15) is 5.82 Å². The lowest BCUT2D eigenvalue weighted by Gasteiger charge is -2.11. The van der Waals surface area contributed by atoms with E-state index in [1.54, 1.807) is 36.3 Å². The van der Waals surface area contributed by atoms with Gasteiger partial charge < -0.3 is 0 Å². The molecule has 0 saturated carbocycles. The molecule has 0 N–H and O–H groups in total. The predicted octanol–water partition coefficient (Wildman–Crippen LogP) is 5.11. The van der Waals surface area contributed by atoms with Crippen molar-refractivity contribution in [2.45, 2.75) is 18.5 Å². The van der Waals surface area contributed by atoms with Gasteiger partial charge >= 0.3 is 0 Å². The Morgan fingerprint density at radius 2 is 1.68 bits per heavy atom. The molecule has 0 bridgehead atoms. The summed E-state index contributed by atoms with van der Waals surface area (Å²) in [5.74, 6) is 1.04. The fourth-order valence-corrected chi connectivity index (χ4v) is 3.86. The molecule has 2 aromatic heterocycles. The zero-order valence-electron chi connectivity index (χ0n) is 15.4. The molecule has 0 radical (unpaired) electrons. The van der Waals surface area contributed by atoms with Gasteiger partial charge in [-0.25, -0.2) is 4.39 Å². The van der Waals surface area contributed by atoms with Crippen LogP contribution in [0.25, 0.3) is 17.1 Å². The third kappa shape index (κ3) is 3.97. The number of aryl methyl sites for hydroxylation is 2. The summed E-state index contributed by atoms with van der Waals surface area (Å²) in [4.78, 5) is 4.05. The SMILES string of the molecule is Cc1ccc(-n2c(SCCc3ccncc3)nnc2-c2ccccc2F)cc1. The molecule has 0 saturated heterocycles. The Morgan fingerprint density at radius 1 is 0.929 bits per heavy atom. The molecule has 0 amide bonds. The summed E-state index contributed by atoms with van der Waals surface area (Å²) in [5, 5.41) is 9.42. The van der Waals surface area contributed by atoms with Gasteiger partial charge in [0.25, 0.3) is 0 Å². The summed E-state index contributed by atoms with van der Waals surface area (Å²) in [5.41, 5.74) is 3.74.